The summed E-state index contributed by atoms with van der Waals surface area (Å²) in [7, 11) is 2.90. The summed E-state index contributed by atoms with van der Waals surface area (Å²) in [6, 6.07) is 31.0. The zero-order valence-corrected chi connectivity index (χ0v) is 21.1. The average Bonchev–Trinajstić information content (AvgIpc) is 2.98. The van der Waals surface area contributed by atoms with Gasteiger partial charge in [-0.05, 0) is 41.0 Å². The van der Waals surface area contributed by atoms with Crippen molar-refractivity contribution < 1.29 is 23.9 Å². The summed E-state index contributed by atoms with van der Waals surface area (Å²) >= 11 is 0. The van der Waals surface area contributed by atoms with Gasteiger partial charge in [-0.15, -0.1) is 0 Å². The molecule has 0 radical (unpaired) electrons. The monoisotopic (exact) mass is 512 g/mol. The number of non-ortho nitro benzene ring substituents is 1. The number of anilines is 1. The molecule has 0 bridgehead atoms. The van der Waals surface area contributed by atoms with E-state index in [1.807, 2.05) is 72.8 Å². The van der Waals surface area contributed by atoms with E-state index in [1.54, 1.807) is 31.4 Å². The molecular weight excluding hydrogens is 484 g/mol. The number of nitro benzene ring substituents is 1. The number of methoxy groups -OCH3 is 2. The fourth-order valence-corrected chi connectivity index (χ4v) is 4.29. The van der Waals surface area contributed by atoms with E-state index in [1.165, 1.54) is 19.2 Å². The highest BCUT2D eigenvalue weighted by molar-refractivity contribution is 5.83. The zero-order chi connectivity index (χ0) is 27.0. The highest BCUT2D eigenvalue weighted by Crippen LogP contribution is 2.43. The first-order chi connectivity index (χ1) is 18.5. The Balaban J connectivity index is 1.88. The number of carbonyl (C=O) groups excluding carboxylic acids is 1. The molecule has 8 heteroatoms. The number of nitrogens with one attached hydrogen (secondary N) is 1. The second-order valence-corrected chi connectivity index (χ2v) is 8.52. The predicted molar refractivity (Wildman–Crippen MR) is 144 cm³/mol. The van der Waals surface area contributed by atoms with E-state index < -0.39 is 22.5 Å². The van der Waals surface area contributed by atoms with Gasteiger partial charge in [0.05, 0.1) is 31.8 Å². The average molecular weight is 513 g/mol. The van der Waals surface area contributed by atoms with Crippen LogP contribution < -0.4 is 10.1 Å². The number of hydrogen-bond donors (Lipinski definition) is 1. The Morgan fingerprint density at radius 3 is 2.03 bits per heavy atom. The van der Waals surface area contributed by atoms with Gasteiger partial charge in [-0.1, -0.05) is 72.8 Å². The van der Waals surface area contributed by atoms with E-state index in [2.05, 4.69) is 5.32 Å². The second kappa shape index (κ2) is 12.0. The third-order valence-electron chi connectivity index (χ3n) is 6.25. The first-order valence-electron chi connectivity index (χ1n) is 11.9. The molecule has 0 spiro atoms. The molecule has 0 amide bonds. The van der Waals surface area contributed by atoms with Crippen LogP contribution in [-0.2, 0) is 26.5 Å². The van der Waals surface area contributed by atoms with E-state index in [4.69, 9.17) is 14.2 Å². The van der Waals surface area contributed by atoms with Crippen LogP contribution in [0.2, 0.25) is 0 Å². The molecule has 0 saturated carbocycles. The molecule has 4 rings (SSSR count). The van der Waals surface area contributed by atoms with Crippen molar-refractivity contribution in [1.29, 1.82) is 0 Å². The molecule has 1 N–H and O–H groups in total. The molecule has 0 aliphatic rings. The van der Waals surface area contributed by atoms with Gasteiger partial charge in [0, 0.05) is 17.8 Å². The summed E-state index contributed by atoms with van der Waals surface area (Å²) in [5.41, 5.74) is 0.984. The number of nitro groups is 1. The lowest BCUT2D eigenvalue weighted by atomic mass is 9.81. The quantitative estimate of drug-likeness (QED) is 0.149. The molecule has 0 aromatic heterocycles. The fraction of sp³-hybridized carbons (Fsp3) is 0.167. The lowest BCUT2D eigenvalue weighted by Gasteiger charge is -2.39. The molecule has 0 aliphatic heterocycles. The fourth-order valence-electron chi connectivity index (χ4n) is 4.29. The van der Waals surface area contributed by atoms with Gasteiger partial charge in [0.2, 0.25) is 5.60 Å². The maximum atomic E-state index is 13.8. The summed E-state index contributed by atoms with van der Waals surface area (Å²) in [5, 5.41) is 14.8. The Kier molecular flexibility index (Phi) is 8.35. The van der Waals surface area contributed by atoms with Crippen LogP contribution in [0.5, 0.6) is 5.75 Å². The normalized spacial score (nSPS) is 13.1. The summed E-state index contributed by atoms with van der Waals surface area (Å²) in [6.45, 7) is 0.0773. The SMILES string of the molecule is COC(=O)[C@](OCc1ccc(OC)cc1)(c1ccccc1)[C@@H](Nc1ccccc1)c1ccc([N+](=O)[O-])cc1. The van der Waals surface area contributed by atoms with Crippen molar-refractivity contribution in [1.82, 2.24) is 0 Å². The molecule has 0 saturated heterocycles. The minimum atomic E-state index is -1.66. The summed E-state index contributed by atoms with van der Waals surface area (Å²) < 4.78 is 17.2. The van der Waals surface area contributed by atoms with E-state index in [0.29, 0.717) is 16.9 Å². The maximum Gasteiger partial charge on any atom is 0.345 e. The molecule has 0 aliphatic carbocycles. The van der Waals surface area contributed by atoms with Gasteiger partial charge in [0.1, 0.15) is 5.75 Å². The van der Waals surface area contributed by atoms with Crippen molar-refractivity contribution in [3.63, 3.8) is 0 Å². The topological polar surface area (TPSA) is 99.9 Å². The number of esters is 1. The second-order valence-electron chi connectivity index (χ2n) is 8.52. The van der Waals surface area contributed by atoms with Crippen LogP contribution >= 0.6 is 0 Å². The Hall–Kier alpha value is -4.69. The minimum Gasteiger partial charge on any atom is -0.497 e. The molecule has 8 nitrogen and oxygen atoms in total. The van der Waals surface area contributed by atoms with Gasteiger partial charge in [0.15, 0.2) is 0 Å². The van der Waals surface area contributed by atoms with Crippen LogP contribution in [-0.4, -0.2) is 25.1 Å². The van der Waals surface area contributed by atoms with E-state index in [0.717, 1.165) is 11.3 Å². The molecule has 0 unspecified atom stereocenters. The smallest absolute Gasteiger partial charge is 0.345 e. The molecular formula is C30H28N2O6. The highest BCUT2D eigenvalue weighted by atomic mass is 16.6. The molecule has 2 atom stereocenters. The van der Waals surface area contributed by atoms with Crippen LogP contribution in [0.15, 0.2) is 109 Å². The van der Waals surface area contributed by atoms with Crippen molar-refractivity contribution >= 4 is 17.3 Å². The number of rotatable bonds is 11. The minimum absolute atomic E-state index is 0.0604. The highest BCUT2D eigenvalue weighted by Gasteiger charge is 2.51. The third-order valence-corrected chi connectivity index (χ3v) is 6.25. The maximum absolute atomic E-state index is 13.8. The number of hydrogen-bond acceptors (Lipinski definition) is 7. The largest absolute Gasteiger partial charge is 0.497 e. The molecule has 4 aromatic rings. The number of carbonyl (C=O) groups is 1. The van der Waals surface area contributed by atoms with Crippen LogP contribution in [0.4, 0.5) is 11.4 Å². The van der Waals surface area contributed by atoms with Crippen molar-refractivity contribution in [3.8, 4) is 5.75 Å². The lowest BCUT2D eigenvalue weighted by Crippen LogP contribution is -2.48. The predicted octanol–water partition coefficient (Wildman–Crippen LogP) is 6.04. The molecule has 0 heterocycles. The van der Waals surface area contributed by atoms with E-state index >= 15 is 0 Å². The van der Waals surface area contributed by atoms with Gasteiger partial charge < -0.3 is 19.5 Å². The van der Waals surface area contributed by atoms with E-state index in [-0.39, 0.29) is 12.3 Å². The number of benzene rings is 4. The van der Waals surface area contributed by atoms with Gasteiger partial charge >= 0.3 is 5.97 Å². The van der Waals surface area contributed by atoms with Crippen LogP contribution in [0.1, 0.15) is 22.7 Å². The summed E-state index contributed by atoms with van der Waals surface area (Å²) in [6.07, 6.45) is 0. The van der Waals surface area contributed by atoms with Gasteiger partial charge in [-0.2, -0.15) is 0 Å². The number of ether oxygens (including phenoxy) is 3. The van der Waals surface area contributed by atoms with Crippen LogP contribution in [0.25, 0.3) is 0 Å². The third kappa shape index (κ3) is 5.66. The Morgan fingerprint density at radius 1 is 0.868 bits per heavy atom. The standard InChI is InChI=1S/C30H28N2O6/c1-36-27-19-13-22(14-20-27)21-38-30(29(33)37-2,24-9-5-3-6-10-24)28(31-25-11-7-4-8-12-25)23-15-17-26(18-16-23)32(34)35/h3-20,28,31H,21H2,1-2H3/t28-,30-/m0/s1. The number of nitrogens with zero attached hydrogens (tertiary/aromatic N) is 1. The van der Waals surface area contributed by atoms with Gasteiger partial charge in [0.25, 0.3) is 5.69 Å². The Morgan fingerprint density at radius 2 is 1.47 bits per heavy atom. The van der Waals surface area contributed by atoms with Crippen molar-refractivity contribution in [2.24, 2.45) is 0 Å². The lowest BCUT2D eigenvalue weighted by molar-refractivity contribution is -0.384. The van der Waals surface area contributed by atoms with Crippen molar-refractivity contribution in [2.75, 3.05) is 19.5 Å². The van der Waals surface area contributed by atoms with Crippen LogP contribution in [0.3, 0.4) is 0 Å². The van der Waals surface area contributed by atoms with Crippen LogP contribution in [0, 0.1) is 10.1 Å². The summed E-state index contributed by atoms with van der Waals surface area (Å²) in [4.78, 5) is 24.7. The molecule has 0 fully saturated rings. The van der Waals surface area contributed by atoms with Crippen molar-refractivity contribution in [3.05, 3.63) is 136 Å². The van der Waals surface area contributed by atoms with Crippen molar-refractivity contribution in [2.45, 2.75) is 18.2 Å². The summed E-state index contributed by atoms with van der Waals surface area (Å²) in [5.74, 6) is 0.0783. The van der Waals surface area contributed by atoms with Gasteiger partial charge in [-0.25, -0.2) is 4.79 Å². The molecule has 194 valence electrons. The first kappa shape index (κ1) is 26.4. The van der Waals surface area contributed by atoms with Gasteiger partial charge in [-0.3, -0.25) is 10.1 Å². The Bertz CT molecular complexity index is 1350. The molecule has 4 aromatic carbocycles. The zero-order valence-electron chi connectivity index (χ0n) is 21.1. The Labute approximate surface area is 220 Å². The first-order valence-corrected chi connectivity index (χ1v) is 11.9. The number of para-hydroxylation sites is 1. The molecule has 38 heavy (non-hydrogen) atoms. The van der Waals surface area contributed by atoms with E-state index in [9.17, 15) is 14.9 Å².